The van der Waals surface area contributed by atoms with Gasteiger partial charge >= 0.3 is 5.97 Å². The molecule has 0 aromatic heterocycles. The Hall–Kier alpha value is -2.15. The van der Waals surface area contributed by atoms with Crippen molar-refractivity contribution in [1.82, 2.24) is 4.90 Å². The number of hydrogen-bond acceptors (Lipinski definition) is 6. The third kappa shape index (κ3) is 4.66. The molecule has 1 fully saturated rings. The number of likely N-dealkylation sites (tertiary alicyclic amines) is 1. The number of piperidine rings is 1. The third-order valence-corrected chi connectivity index (χ3v) is 4.01. The summed E-state index contributed by atoms with van der Waals surface area (Å²) in [6.07, 6.45) is 2.34. The molecule has 0 bridgehead atoms. The first kappa shape index (κ1) is 17.2. The van der Waals surface area contributed by atoms with Gasteiger partial charge in [0.15, 0.2) is 0 Å². The van der Waals surface area contributed by atoms with Crippen molar-refractivity contribution in [3.8, 4) is 0 Å². The van der Waals surface area contributed by atoms with Crippen LogP contribution in [0.1, 0.15) is 30.1 Å². The lowest BCUT2D eigenvalue weighted by molar-refractivity contribution is -0.385. The number of esters is 1. The summed E-state index contributed by atoms with van der Waals surface area (Å²) in [5.74, 6) is -0.129. The van der Waals surface area contributed by atoms with Gasteiger partial charge in [-0.15, -0.1) is 0 Å². The Morgan fingerprint density at radius 2 is 2.30 bits per heavy atom. The van der Waals surface area contributed by atoms with Crippen LogP contribution in [0.3, 0.4) is 0 Å². The predicted molar refractivity (Wildman–Crippen MR) is 87.8 cm³/mol. The molecule has 1 aromatic carbocycles. The van der Waals surface area contributed by atoms with E-state index in [9.17, 15) is 14.9 Å². The number of nitro benzene ring substituents is 1. The molecule has 1 aliphatic heterocycles. The molecular formula is C16H23N3O4. The second-order valence-electron chi connectivity index (χ2n) is 5.86. The monoisotopic (exact) mass is 321 g/mol. The fourth-order valence-corrected chi connectivity index (χ4v) is 2.88. The smallest absolute Gasteiger partial charge is 0.345 e. The van der Waals surface area contributed by atoms with Crippen LogP contribution in [0.25, 0.3) is 0 Å². The molecule has 1 aliphatic rings. The van der Waals surface area contributed by atoms with Gasteiger partial charge < -0.3 is 15.0 Å². The highest BCUT2D eigenvalue weighted by molar-refractivity contribution is 5.95. The van der Waals surface area contributed by atoms with E-state index < -0.39 is 10.9 Å². The van der Waals surface area contributed by atoms with E-state index in [-0.39, 0.29) is 17.9 Å². The Morgan fingerprint density at radius 3 is 2.96 bits per heavy atom. The Kier molecular flexibility index (Phi) is 5.92. The zero-order valence-corrected chi connectivity index (χ0v) is 13.6. The first-order valence-corrected chi connectivity index (χ1v) is 7.89. The van der Waals surface area contributed by atoms with Gasteiger partial charge in [-0.3, -0.25) is 10.1 Å². The number of rotatable bonds is 6. The van der Waals surface area contributed by atoms with Crippen molar-refractivity contribution in [2.45, 2.75) is 19.8 Å². The van der Waals surface area contributed by atoms with Crippen molar-refractivity contribution in [3.63, 3.8) is 0 Å². The maximum atomic E-state index is 11.9. The summed E-state index contributed by atoms with van der Waals surface area (Å²) in [6, 6.07) is 4.48. The average molecular weight is 321 g/mol. The molecule has 1 aromatic rings. The van der Waals surface area contributed by atoms with Crippen LogP contribution in [-0.2, 0) is 4.74 Å². The Bertz CT molecular complexity index is 576. The molecule has 23 heavy (non-hydrogen) atoms. The number of nitrogens with one attached hydrogen (secondary N) is 1. The SMILES string of the molecule is CCOC(=O)c1cc(NCC2CCCN(C)C2)ccc1[N+](=O)[O-]. The van der Waals surface area contributed by atoms with Crippen molar-refractivity contribution < 1.29 is 14.5 Å². The molecule has 1 unspecified atom stereocenters. The molecule has 7 heteroatoms. The van der Waals surface area contributed by atoms with Gasteiger partial charge in [-0.05, 0) is 51.4 Å². The quantitative estimate of drug-likeness (QED) is 0.492. The number of hydrogen-bond donors (Lipinski definition) is 1. The fourth-order valence-electron chi connectivity index (χ4n) is 2.88. The molecular weight excluding hydrogens is 298 g/mol. The minimum absolute atomic E-state index is 0.0115. The van der Waals surface area contributed by atoms with Crippen molar-refractivity contribution in [1.29, 1.82) is 0 Å². The molecule has 1 atom stereocenters. The number of ether oxygens (including phenoxy) is 1. The van der Waals surface area contributed by atoms with Gasteiger partial charge in [0, 0.05) is 24.8 Å². The predicted octanol–water partition coefficient (Wildman–Crippen LogP) is 2.53. The molecule has 126 valence electrons. The van der Waals surface area contributed by atoms with Gasteiger partial charge in [0.25, 0.3) is 5.69 Å². The first-order chi connectivity index (χ1) is 11.0. The van der Waals surface area contributed by atoms with Gasteiger partial charge in [0.1, 0.15) is 5.56 Å². The van der Waals surface area contributed by atoms with Crippen LogP contribution in [0.4, 0.5) is 11.4 Å². The van der Waals surface area contributed by atoms with Crippen LogP contribution in [-0.4, -0.2) is 49.1 Å². The van der Waals surface area contributed by atoms with E-state index >= 15 is 0 Å². The molecule has 0 aliphatic carbocycles. The molecule has 0 spiro atoms. The summed E-state index contributed by atoms with van der Waals surface area (Å²) in [5.41, 5.74) is 0.459. The maximum Gasteiger partial charge on any atom is 0.345 e. The van der Waals surface area contributed by atoms with E-state index in [0.29, 0.717) is 11.6 Å². The van der Waals surface area contributed by atoms with E-state index in [1.54, 1.807) is 13.0 Å². The van der Waals surface area contributed by atoms with Crippen LogP contribution >= 0.6 is 0 Å². The standard InChI is InChI=1S/C16H23N3O4/c1-3-23-16(20)14-9-13(6-7-15(14)19(21)22)17-10-12-5-4-8-18(2)11-12/h6-7,9,12,17H,3-5,8,10-11H2,1-2H3. The number of benzene rings is 1. The Morgan fingerprint density at radius 1 is 1.52 bits per heavy atom. The highest BCUT2D eigenvalue weighted by Gasteiger charge is 2.22. The molecule has 0 amide bonds. The van der Waals surface area contributed by atoms with E-state index in [4.69, 9.17) is 4.74 Å². The van der Waals surface area contributed by atoms with Crippen molar-refractivity contribution in [3.05, 3.63) is 33.9 Å². The molecule has 1 heterocycles. The van der Waals surface area contributed by atoms with Gasteiger partial charge in [-0.2, -0.15) is 0 Å². The number of carbonyl (C=O) groups excluding carboxylic acids is 1. The van der Waals surface area contributed by atoms with E-state index in [0.717, 1.165) is 26.1 Å². The van der Waals surface area contributed by atoms with E-state index in [2.05, 4.69) is 17.3 Å². The lowest BCUT2D eigenvalue weighted by Crippen LogP contribution is -2.35. The van der Waals surface area contributed by atoms with Gasteiger partial charge in [-0.25, -0.2) is 4.79 Å². The van der Waals surface area contributed by atoms with Crippen LogP contribution in [0, 0.1) is 16.0 Å². The lowest BCUT2D eigenvalue weighted by atomic mass is 9.98. The summed E-state index contributed by atoms with van der Waals surface area (Å²) >= 11 is 0. The topological polar surface area (TPSA) is 84.7 Å². The minimum Gasteiger partial charge on any atom is -0.462 e. The lowest BCUT2D eigenvalue weighted by Gasteiger charge is -2.30. The molecule has 0 saturated carbocycles. The van der Waals surface area contributed by atoms with Crippen LogP contribution in [0.15, 0.2) is 18.2 Å². The largest absolute Gasteiger partial charge is 0.462 e. The number of nitrogens with zero attached hydrogens (tertiary/aromatic N) is 2. The van der Waals surface area contributed by atoms with Gasteiger partial charge in [0.05, 0.1) is 11.5 Å². The molecule has 0 radical (unpaired) electrons. The van der Waals surface area contributed by atoms with E-state index in [1.807, 2.05) is 0 Å². The van der Waals surface area contributed by atoms with Crippen molar-refractivity contribution >= 4 is 17.3 Å². The highest BCUT2D eigenvalue weighted by Crippen LogP contribution is 2.24. The summed E-state index contributed by atoms with van der Waals surface area (Å²) in [5, 5.41) is 14.3. The zero-order valence-electron chi connectivity index (χ0n) is 13.6. The number of nitro groups is 1. The van der Waals surface area contributed by atoms with E-state index in [1.165, 1.54) is 18.6 Å². The second kappa shape index (κ2) is 7.92. The average Bonchev–Trinajstić information content (AvgIpc) is 2.53. The van der Waals surface area contributed by atoms with Crippen LogP contribution in [0.5, 0.6) is 0 Å². The molecule has 1 N–H and O–H groups in total. The van der Waals surface area contributed by atoms with Crippen LogP contribution < -0.4 is 5.32 Å². The molecule has 7 nitrogen and oxygen atoms in total. The summed E-state index contributed by atoms with van der Waals surface area (Å²) in [7, 11) is 2.11. The fraction of sp³-hybridized carbons (Fsp3) is 0.562. The summed E-state index contributed by atoms with van der Waals surface area (Å²) in [4.78, 5) is 24.7. The third-order valence-electron chi connectivity index (χ3n) is 4.01. The Balaban J connectivity index is 2.08. The first-order valence-electron chi connectivity index (χ1n) is 7.89. The highest BCUT2D eigenvalue weighted by atomic mass is 16.6. The van der Waals surface area contributed by atoms with Gasteiger partial charge in [0.2, 0.25) is 0 Å². The zero-order chi connectivity index (χ0) is 16.8. The molecule has 1 saturated heterocycles. The van der Waals surface area contributed by atoms with Crippen LogP contribution in [0.2, 0.25) is 0 Å². The van der Waals surface area contributed by atoms with Crippen molar-refractivity contribution in [2.24, 2.45) is 5.92 Å². The van der Waals surface area contributed by atoms with Crippen molar-refractivity contribution in [2.75, 3.05) is 38.6 Å². The normalized spacial score (nSPS) is 18.4. The second-order valence-corrected chi connectivity index (χ2v) is 5.86. The summed E-state index contributed by atoms with van der Waals surface area (Å²) in [6.45, 7) is 4.80. The Labute approximate surface area is 135 Å². The number of carbonyl (C=O) groups is 1. The molecule has 2 rings (SSSR count). The van der Waals surface area contributed by atoms with Gasteiger partial charge in [-0.1, -0.05) is 0 Å². The number of anilines is 1. The summed E-state index contributed by atoms with van der Waals surface area (Å²) < 4.78 is 4.90. The minimum atomic E-state index is -0.666. The maximum absolute atomic E-state index is 11.9.